The number of nitrogens with zero attached hydrogens (tertiary/aromatic N) is 1. The van der Waals surface area contributed by atoms with Crippen LogP contribution in [0.4, 0.5) is 5.69 Å². The van der Waals surface area contributed by atoms with E-state index in [0.29, 0.717) is 12.6 Å². The molecule has 4 nitrogen and oxygen atoms in total. The summed E-state index contributed by atoms with van der Waals surface area (Å²) in [6, 6.07) is 11.9. The molecule has 0 radical (unpaired) electrons. The molecule has 1 fully saturated rings. The Morgan fingerprint density at radius 2 is 2.04 bits per heavy atom. The van der Waals surface area contributed by atoms with Gasteiger partial charge in [0.15, 0.2) is 0 Å². The molecule has 0 aromatic heterocycles. The van der Waals surface area contributed by atoms with Crippen molar-refractivity contribution < 1.29 is 13.6 Å². The molecule has 0 saturated carbocycles. The first-order chi connectivity index (χ1) is 11.0. The van der Waals surface area contributed by atoms with Crippen LogP contribution in [0, 0.1) is 0 Å². The first-order valence-electron chi connectivity index (χ1n) is 8.75. The summed E-state index contributed by atoms with van der Waals surface area (Å²) >= 11 is 0. The van der Waals surface area contributed by atoms with Gasteiger partial charge in [-0.2, -0.15) is 0 Å². The molecule has 0 amide bonds. The zero-order chi connectivity index (χ0) is 16.7. The lowest BCUT2D eigenvalue weighted by Crippen LogP contribution is -2.50. The van der Waals surface area contributed by atoms with Crippen molar-refractivity contribution in [1.82, 2.24) is 0 Å². The second-order valence-corrected chi connectivity index (χ2v) is 9.86. The third-order valence-electron chi connectivity index (χ3n) is 4.20. The van der Waals surface area contributed by atoms with Crippen LogP contribution in [0.1, 0.15) is 27.2 Å². The van der Waals surface area contributed by atoms with Gasteiger partial charge in [0.1, 0.15) is 0 Å². The molecule has 23 heavy (non-hydrogen) atoms. The van der Waals surface area contributed by atoms with Crippen molar-refractivity contribution in [3.05, 3.63) is 30.3 Å². The molecular formula is C18H31NO3Si. The molecule has 1 aliphatic heterocycles. The van der Waals surface area contributed by atoms with Crippen molar-refractivity contribution in [2.24, 2.45) is 0 Å². The minimum atomic E-state index is -2.09. The molecule has 1 aliphatic rings. The van der Waals surface area contributed by atoms with Crippen LogP contribution in [0.15, 0.2) is 30.3 Å². The van der Waals surface area contributed by atoms with Crippen molar-refractivity contribution in [3.8, 4) is 0 Å². The molecule has 5 heteroatoms. The van der Waals surface area contributed by atoms with Crippen molar-refractivity contribution in [1.29, 1.82) is 0 Å². The van der Waals surface area contributed by atoms with E-state index in [-0.39, 0.29) is 6.10 Å². The van der Waals surface area contributed by atoms with Crippen LogP contribution in [0.5, 0.6) is 0 Å². The summed E-state index contributed by atoms with van der Waals surface area (Å²) in [7, 11) is -2.09. The molecule has 2 atom stereocenters. The first kappa shape index (κ1) is 18.5. The van der Waals surface area contributed by atoms with E-state index >= 15 is 0 Å². The summed E-state index contributed by atoms with van der Waals surface area (Å²) in [4.78, 5) is 2.39. The Balaban J connectivity index is 2.10. The highest BCUT2D eigenvalue weighted by molar-refractivity contribution is 6.66. The van der Waals surface area contributed by atoms with E-state index in [1.54, 1.807) is 0 Å². The van der Waals surface area contributed by atoms with Crippen molar-refractivity contribution in [3.63, 3.8) is 0 Å². The third kappa shape index (κ3) is 5.60. The van der Waals surface area contributed by atoms with Crippen LogP contribution in [-0.2, 0) is 13.6 Å². The first-order valence-corrected chi connectivity index (χ1v) is 11.3. The van der Waals surface area contributed by atoms with Gasteiger partial charge in [-0.05, 0) is 51.9 Å². The molecule has 0 N–H and O–H groups in total. The fraction of sp³-hybridized carbons (Fsp3) is 0.667. The van der Waals surface area contributed by atoms with E-state index in [0.717, 1.165) is 32.2 Å². The minimum absolute atomic E-state index is 0.0566. The molecule has 2 unspecified atom stereocenters. The normalized spacial score (nSPS) is 25.9. The zero-order valence-corrected chi connectivity index (χ0v) is 16.0. The largest absolute Gasteiger partial charge is 0.395 e. The average molecular weight is 338 g/mol. The van der Waals surface area contributed by atoms with Crippen LogP contribution in [-0.4, -0.2) is 47.1 Å². The highest BCUT2D eigenvalue weighted by Gasteiger charge is 2.36. The van der Waals surface area contributed by atoms with Crippen molar-refractivity contribution >= 4 is 14.2 Å². The van der Waals surface area contributed by atoms with E-state index in [1.165, 1.54) is 5.69 Å². The number of benzene rings is 1. The number of anilines is 1. The van der Waals surface area contributed by atoms with E-state index in [1.807, 2.05) is 0 Å². The number of hydrogen-bond donors (Lipinski definition) is 0. The SMILES string of the molecule is CCO[Si]1(C)CCCOCC(CN(c2ccccc2)C(C)C)O1. The summed E-state index contributed by atoms with van der Waals surface area (Å²) in [6.07, 6.45) is 1.09. The van der Waals surface area contributed by atoms with E-state index in [4.69, 9.17) is 13.6 Å². The Hall–Kier alpha value is -0.883. The monoisotopic (exact) mass is 337 g/mol. The Labute approximate surface area is 142 Å². The Morgan fingerprint density at radius 3 is 2.70 bits per heavy atom. The van der Waals surface area contributed by atoms with Gasteiger partial charge < -0.3 is 18.5 Å². The lowest BCUT2D eigenvalue weighted by atomic mass is 10.2. The molecule has 2 rings (SSSR count). The van der Waals surface area contributed by atoms with Gasteiger partial charge in [0.2, 0.25) is 0 Å². The molecule has 1 saturated heterocycles. The van der Waals surface area contributed by atoms with E-state index < -0.39 is 8.56 Å². The number of hydrogen-bond acceptors (Lipinski definition) is 4. The smallest absolute Gasteiger partial charge is 0.335 e. The maximum atomic E-state index is 6.47. The number of ether oxygens (including phenoxy) is 1. The Kier molecular flexibility index (Phi) is 7.08. The van der Waals surface area contributed by atoms with Gasteiger partial charge in [-0.25, -0.2) is 0 Å². The highest BCUT2D eigenvalue weighted by Crippen LogP contribution is 2.23. The summed E-state index contributed by atoms with van der Waals surface area (Å²) in [5, 5.41) is 0. The van der Waals surface area contributed by atoms with Gasteiger partial charge in [-0.3, -0.25) is 0 Å². The Bertz CT molecular complexity index is 457. The molecule has 0 aliphatic carbocycles. The molecule has 0 bridgehead atoms. The van der Waals surface area contributed by atoms with Gasteiger partial charge in [-0.1, -0.05) is 18.2 Å². The lowest BCUT2D eigenvalue weighted by Gasteiger charge is -2.38. The molecule has 1 aromatic rings. The zero-order valence-electron chi connectivity index (χ0n) is 15.0. The van der Waals surface area contributed by atoms with Gasteiger partial charge in [0, 0.05) is 31.5 Å². The van der Waals surface area contributed by atoms with Crippen molar-refractivity contribution in [2.75, 3.05) is 31.3 Å². The molecule has 1 aromatic carbocycles. The van der Waals surface area contributed by atoms with E-state index in [9.17, 15) is 0 Å². The summed E-state index contributed by atoms with van der Waals surface area (Å²) in [5.74, 6) is 0. The van der Waals surface area contributed by atoms with Crippen LogP contribution in [0.25, 0.3) is 0 Å². The average Bonchev–Trinajstić information content (AvgIpc) is 2.50. The Morgan fingerprint density at radius 1 is 1.30 bits per heavy atom. The van der Waals surface area contributed by atoms with Crippen LogP contribution >= 0.6 is 0 Å². The quantitative estimate of drug-likeness (QED) is 0.739. The summed E-state index contributed by atoms with van der Waals surface area (Å²) in [6.45, 7) is 11.7. The maximum absolute atomic E-state index is 6.47. The maximum Gasteiger partial charge on any atom is 0.335 e. The van der Waals surface area contributed by atoms with Crippen LogP contribution < -0.4 is 4.90 Å². The molecule has 0 spiro atoms. The van der Waals surface area contributed by atoms with Crippen molar-refractivity contribution in [2.45, 2.75) is 51.9 Å². The van der Waals surface area contributed by atoms with E-state index in [2.05, 4.69) is 62.5 Å². The third-order valence-corrected chi connectivity index (χ3v) is 7.19. The second-order valence-electron chi connectivity index (χ2n) is 6.57. The standard InChI is InChI=1S/C18H31NO3Si/c1-5-21-23(4)13-9-12-20-15-18(22-23)14-19(16(2)3)17-10-7-6-8-11-17/h6-8,10-11,16,18H,5,9,12-15H2,1-4H3. The fourth-order valence-corrected chi connectivity index (χ4v) is 5.69. The van der Waals surface area contributed by atoms with Gasteiger partial charge >= 0.3 is 8.56 Å². The fourth-order valence-electron chi connectivity index (χ4n) is 3.11. The number of rotatable bonds is 6. The molecule has 1 heterocycles. The second kappa shape index (κ2) is 8.83. The van der Waals surface area contributed by atoms with Crippen LogP contribution in [0.3, 0.4) is 0 Å². The van der Waals surface area contributed by atoms with Gasteiger partial charge in [-0.15, -0.1) is 0 Å². The van der Waals surface area contributed by atoms with Gasteiger partial charge in [0.25, 0.3) is 0 Å². The molecule has 130 valence electrons. The predicted octanol–water partition coefficient (Wildman–Crippen LogP) is 3.82. The topological polar surface area (TPSA) is 30.9 Å². The van der Waals surface area contributed by atoms with Gasteiger partial charge in [0.05, 0.1) is 12.7 Å². The summed E-state index contributed by atoms with van der Waals surface area (Å²) < 4.78 is 18.3. The predicted molar refractivity (Wildman–Crippen MR) is 97.3 cm³/mol. The minimum Gasteiger partial charge on any atom is -0.395 e. The lowest BCUT2D eigenvalue weighted by molar-refractivity contribution is 0.0171. The number of para-hydroxylation sites is 1. The van der Waals surface area contributed by atoms with Crippen LogP contribution in [0.2, 0.25) is 12.6 Å². The highest BCUT2D eigenvalue weighted by atomic mass is 28.4. The molecular weight excluding hydrogens is 306 g/mol. The summed E-state index contributed by atoms with van der Waals surface area (Å²) in [5.41, 5.74) is 1.23.